The van der Waals surface area contributed by atoms with E-state index in [1.54, 1.807) is 0 Å². The molecule has 6 nitrogen and oxygen atoms in total. The van der Waals surface area contributed by atoms with E-state index in [0.717, 1.165) is 24.3 Å². The maximum Gasteiger partial charge on any atom is 0.265 e. The van der Waals surface area contributed by atoms with Gasteiger partial charge in [0.25, 0.3) is 15.9 Å². The maximum atomic E-state index is 12.9. The van der Waals surface area contributed by atoms with E-state index in [-0.39, 0.29) is 21.2 Å². The first-order valence-electron chi connectivity index (χ1n) is 7.29. The predicted octanol–water partition coefficient (Wildman–Crippen LogP) is 2.76. The molecule has 0 aliphatic carbocycles. The van der Waals surface area contributed by atoms with Gasteiger partial charge in [-0.3, -0.25) is 4.79 Å². The molecule has 0 saturated heterocycles. The van der Waals surface area contributed by atoms with Crippen molar-refractivity contribution < 1.29 is 27.1 Å². The van der Waals surface area contributed by atoms with Crippen LogP contribution in [0.4, 0.5) is 4.39 Å². The Labute approximate surface area is 148 Å². The first-order valence-corrected chi connectivity index (χ1v) is 9.15. The molecule has 3 rings (SSSR count). The van der Waals surface area contributed by atoms with Gasteiger partial charge in [0.2, 0.25) is 0 Å². The molecule has 2 aromatic carbocycles. The number of carbonyl (C=O) groups excluding carboxylic acids is 1. The topological polar surface area (TPSA) is 81.7 Å². The van der Waals surface area contributed by atoms with Crippen molar-refractivity contribution in [2.24, 2.45) is 0 Å². The van der Waals surface area contributed by atoms with E-state index in [1.165, 1.54) is 12.1 Å². The molecule has 1 aliphatic heterocycles. The summed E-state index contributed by atoms with van der Waals surface area (Å²) in [5, 5.41) is 0.142. The molecule has 0 fully saturated rings. The Morgan fingerprint density at radius 3 is 2.52 bits per heavy atom. The average Bonchev–Trinajstić information content (AvgIpc) is 2.80. The number of carbonyl (C=O) groups is 1. The second-order valence-corrected chi connectivity index (χ2v) is 7.31. The normalized spacial score (nSPS) is 13.8. The number of sulfonamides is 1. The maximum absolute atomic E-state index is 12.9. The van der Waals surface area contributed by atoms with Gasteiger partial charge in [0, 0.05) is 12.0 Å². The monoisotopic (exact) mass is 385 g/mol. The lowest BCUT2D eigenvalue weighted by Gasteiger charge is -2.12. The third kappa shape index (κ3) is 3.85. The molecule has 0 atom stereocenters. The van der Waals surface area contributed by atoms with Crippen LogP contribution in [0.15, 0.2) is 41.3 Å². The van der Waals surface area contributed by atoms with Crippen molar-refractivity contribution in [3.63, 3.8) is 0 Å². The first kappa shape index (κ1) is 17.5. The second-order valence-electron chi connectivity index (χ2n) is 5.22. The van der Waals surface area contributed by atoms with Crippen molar-refractivity contribution in [2.45, 2.75) is 11.3 Å². The van der Waals surface area contributed by atoms with Gasteiger partial charge in [-0.25, -0.2) is 17.5 Å². The first-order chi connectivity index (χ1) is 11.9. The van der Waals surface area contributed by atoms with Crippen LogP contribution in [0.1, 0.15) is 16.8 Å². The van der Waals surface area contributed by atoms with Gasteiger partial charge in [0.05, 0.1) is 23.1 Å². The molecule has 1 heterocycles. The SMILES string of the molecule is O=C(NS(=O)(=O)c1ccc(F)cc1)c1cc(Cl)c2c(c1)OCCCO2. The van der Waals surface area contributed by atoms with Crippen molar-refractivity contribution in [3.8, 4) is 11.5 Å². The molecule has 132 valence electrons. The highest BCUT2D eigenvalue weighted by molar-refractivity contribution is 7.90. The lowest BCUT2D eigenvalue weighted by atomic mass is 10.2. The molecule has 1 amide bonds. The zero-order chi connectivity index (χ0) is 18.0. The molecule has 0 bridgehead atoms. The molecule has 1 N–H and O–H groups in total. The highest BCUT2D eigenvalue weighted by atomic mass is 35.5. The number of ether oxygens (including phenoxy) is 2. The summed E-state index contributed by atoms with van der Waals surface area (Å²) in [6, 6.07) is 6.76. The van der Waals surface area contributed by atoms with Crippen LogP contribution in [0, 0.1) is 5.82 Å². The fourth-order valence-corrected chi connectivity index (χ4v) is 3.45. The molecule has 9 heteroatoms. The lowest BCUT2D eigenvalue weighted by molar-refractivity contribution is 0.0981. The molecule has 0 saturated carbocycles. The van der Waals surface area contributed by atoms with Crippen LogP contribution in [-0.4, -0.2) is 27.5 Å². The van der Waals surface area contributed by atoms with Crippen LogP contribution in [0.3, 0.4) is 0 Å². The van der Waals surface area contributed by atoms with Crippen molar-refractivity contribution in [1.29, 1.82) is 0 Å². The Kier molecular flexibility index (Phi) is 4.82. The van der Waals surface area contributed by atoms with Crippen molar-refractivity contribution in [2.75, 3.05) is 13.2 Å². The number of rotatable bonds is 3. The van der Waals surface area contributed by atoms with Crippen LogP contribution in [0.5, 0.6) is 11.5 Å². The van der Waals surface area contributed by atoms with Gasteiger partial charge in [0.15, 0.2) is 11.5 Å². The van der Waals surface area contributed by atoms with E-state index in [2.05, 4.69) is 0 Å². The third-order valence-electron chi connectivity index (χ3n) is 3.42. The zero-order valence-electron chi connectivity index (χ0n) is 12.8. The molecule has 0 aromatic heterocycles. The minimum absolute atomic E-state index is 0.0000586. The van der Waals surface area contributed by atoms with Gasteiger partial charge in [0.1, 0.15) is 5.82 Å². The van der Waals surface area contributed by atoms with Gasteiger partial charge in [-0.2, -0.15) is 0 Å². The summed E-state index contributed by atoms with van der Waals surface area (Å²) in [5.41, 5.74) is -0.0000586. The van der Waals surface area contributed by atoms with E-state index in [0.29, 0.717) is 25.4 Å². The number of hydrogen-bond donors (Lipinski definition) is 1. The second kappa shape index (κ2) is 6.89. The number of nitrogens with one attached hydrogen (secondary N) is 1. The molecule has 0 unspecified atom stereocenters. The van der Waals surface area contributed by atoms with E-state index in [9.17, 15) is 17.6 Å². The summed E-state index contributed by atoms with van der Waals surface area (Å²) in [6.45, 7) is 0.819. The van der Waals surface area contributed by atoms with Crippen molar-refractivity contribution >= 4 is 27.5 Å². The quantitative estimate of drug-likeness (QED) is 0.878. The Balaban J connectivity index is 1.87. The summed E-state index contributed by atoms with van der Waals surface area (Å²) in [7, 11) is -4.15. The molecular formula is C16H13ClFNO5S. The fourth-order valence-electron chi connectivity index (χ4n) is 2.22. The van der Waals surface area contributed by atoms with E-state index < -0.39 is 21.7 Å². The molecule has 1 aliphatic rings. The van der Waals surface area contributed by atoms with Crippen LogP contribution in [0.2, 0.25) is 5.02 Å². The molecule has 0 spiro atoms. The molecular weight excluding hydrogens is 373 g/mol. The summed E-state index contributed by atoms with van der Waals surface area (Å²) in [5.74, 6) is -0.881. The smallest absolute Gasteiger partial charge is 0.265 e. The van der Waals surface area contributed by atoms with Gasteiger partial charge in [-0.05, 0) is 36.4 Å². The van der Waals surface area contributed by atoms with E-state index >= 15 is 0 Å². The van der Waals surface area contributed by atoms with Crippen molar-refractivity contribution in [3.05, 3.63) is 52.8 Å². The van der Waals surface area contributed by atoms with E-state index in [4.69, 9.17) is 21.1 Å². The minimum Gasteiger partial charge on any atom is -0.489 e. The van der Waals surface area contributed by atoms with Crippen LogP contribution in [-0.2, 0) is 10.0 Å². The van der Waals surface area contributed by atoms with Gasteiger partial charge >= 0.3 is 0 Å². The van der Waals surface area contributed by atoms with Crippen molar-refractivity contribution in [1.82, 2.24) is 4.72 Å². The standard InChI is InChI=1S/C16H13ClFNO5S/c17-13-8-10(9-14-15(13)24-7-1-6-23-14)16(20)19-25(21,22)12-4-2-11(18)3-5-12/h2-5,8-9H,1,6-7H2,(H,19,20). The third-order valence-corrected chi connectivity index (χ3v) is 5.04. The predicted molar refractivity (Wildman–Crippen MR) is 88.1 cm³/mol. The Morgan fingerprint density at radius 2 is 1.80 bits per heavy atom. The number of benzene rings is 2. The van der Waals surface area contributed by atoms with Crippen LogP contribution in [0.25, 0.3) is 0 Å². The number of fused-ring (bicyclic) bond motifs is 1. The van der Waals surface area contributed by atoms with Gasteiger partial charge in [-0.1, -0.05) is 11.6 Å². The zero-order valence-corrected chi connectivity index (χ0v) is 14.4. The Hall–Kier alpha value is -2.32. The number of hydrogen-bond acceptors (Lipinski definition) is 5. The summed E-state index contributed by atoms with van der Waals surface area (Å²) in [6.07, 6.45) is 0.658. The number of halogens is 2. The minimum atomic E-state index is -4.15. The summed E-state index contributed by atoms with van der Waals surface area (Å²) < 4.78 is 50.2. The molecule has 25 heavy (non-hydrogen) atoms. The summed E-state index contributed by atoms with van der Waals surface area (Å²) >= 11 is 6.09. The Morgan fingerprint density at radius 1 is 1.12 bits per heavy atom. The van der Waals surface area contributed by atoms with Crippen LogP contribution >= 0.6 is 11.6 Å². The largest absolute Gasteiger partial charge is 0.489 e. The highest BCUT2D eigenvalue weighted by Crippen LogP contribution is 2.38. The van der Waals surface area contributed by atoms with E-state index in [1.807, 2.05) is 4.72 Å². The highest BCUT2D eigenvalue weighted by Gasteiger charge is 2.22. The molecule has 0 radical (unpaired) electrons. The van der Waals surface area contributed by atoms with Gasteiger partial charge in [-0.15, -0.1) is 0 Å². The van der Waals surface area contributed by atoms with Gasteiger partial charge < -0.3 is 9.47 Å². The average molecular weight is 386 g/mol. The molecule has 2 aromatic rings. The van der Waals surface area contributed by atoms with Crippen LogP contribution < -0.4 is 14.2 Å². The number of amides is 1. The lowest BCUT2D eigenvalue weighted by Crippen LogP contribution is -2.30. The summed E-state index contributed by atoms with van der Waals surface area (Å²) in [4.78, 5) is 12.1. The Bertz CT molecular complexity index is 915. The fraction of sp³-hybridized carbons (Fsp3) is 0.188.